The standard InChI is InChI=1S/C27H30F3N5O3S/c1-17(31)19-3-2-4-20(12-19)24-16-35(22-7-9-34(10-8-22)39(37,38)27(28,29)30)25-11-18(5-6-23(24)25)13-33-26(36)21-14-32-15-21/h2-6,11-12,16,21-22,32H,1,7-10,13-15,31H2,(H,33,36). The van der Waals surface area contributed by atoms with E-state index in [-0.39, 0.29) is 43.8 Å². The Morgan fingerprint density at radius 1 is 1.13 bits per heavy atom. The summed E-state index contributed by atoms with van der Waals surface area (Å²) in [7, 11) is -5.37. The van der Waals surface area contributed by atoms with Crippen LogP contribution in [0.4, 0.5) is 13.2 Å². The molecular weight excluding hydrogens is 531 g/mol. The van der Waals surface area contributed by atoms with Crippen molar-refractivity contribution < 1.29 is 26.4 Å². The Hall–Kier alpha value is -3.35. The fourth-order valence-electron chi connectivity index (χ4n) is 5.14. The Kier molecular flexibility index (Phi) is 7.21. The lowest BCUT2D eigenvalue weighted by atomic mass is 10.0. The molecule has 5 rings (SSSR count). The van der Waals surface area contributed by atoms with Gasteiger partial charge in [0.05, 0.1) is 5.92 Å². The van der Waals surface area contributed by atoms with Gasteiger partial charge >= 0.3 is 15.5 Å². The van der Waals surface area contributed by atoms with Crippen LogP contribution < -0.4 is 16.4 Å². The highest BCUT2D eigenvalue weighted by molar-refractivity contribution is 7.90. The van der Waals surface area contributed by atoms with Crippen LogP contribution in [0.25, 0.3) is 27.7 Å². The fraction of sp³-hybridized carbons (Fsp3) is 0.370. The Labute approximate surface area is 224 Å². The number of rotatable bonds is 7. The minimum absolute atomic E-state index is 0.0120. The third-order valence-electron chi connectivity index (χ3n) is 7.51. The Bertz CT molecular complexity index is 1520. The van der Waals surface area contributed by atoms with E-state index in [1.807, 2.05) is 53.2 Å². The van der Waals surface area contributed by atoms with Crippen LogP contribution in [0.3, 0.4) is 0 Å². The lowest BCUT2D eigenvalue weighted by Crippen LogP contribution is -2.50. The van der Waals surface area contributed by atoms with Crippen molar-refractivity contribution in [3.8, 4) is 11.1 Å². The molecule has 0 aliphatic carbocycles. The number of carbonyl (C=O) groups is 1. The topological polar surface area (TPSA) is 109 Å². The lowest BCUT2D eigenvalue weighted by Gasteiger charge is -2.32. The third kappa shape index (κ3) is 5.28. The van der Waals surface area contributed by atoms with Gasteiger partial charge in [0.1, 0.15) is 0 Å². The van der Waals surface area contributed by atoms with Gasteiger partial charge in [0.25, 0.3) is 0 Å². The quantitative estimate of drug-likeness (QED) is 0.409. The number of benzene rings is 2. The first-order chi connectivity index (χ1) is 18.5. The number of alkyl halides is 3. The molecule has 4 N–H and O–H groups in total. The van der Waals surface area contributed by atoms with Crippen molar-refractivity contribution in [1.29, 1.82) is 0 Å². The maximum Gasteiger partial charge on any atom is 0.511 e. The average Bonchev–Trinajstić information content (AvgIpc) is 3.25. The monoisotopic (exact) mass is 561 g/mol. The van der Waals surface area contributed by atoms with Crippen LogP contribution in [0.15, 0.2) is 55.2 Å². The number of hydrogen-bond donors (Lipinski definition) is 3. The molecule has 0 spiro atoms. The van der Waals surface area contributed by atoms with Gasteiger partial charge in [0, 0.05) is 67.1 Å². The molecule has 1 amide bonds. The molecule has 8 nitrogen and oxygen atoms in total. The molecule has 0 saturated carbocycles. The second-order valence-electron chi connectivity index (χ2n) is 10.1. The summed E-state index contributed by atoms with van der Waals surface area (Å²) in [5.41, 5.74) is 5.36. The molecule has 39 heavy (non-hydrogen) atoms. The largest absolute Gasteiger partial charge is 0.511 e. The molecule has 0 radical (unpaired) electrons. The van der Waals surface area contributed by atoms with E-state index in [1.165, 1.54) is 0 Å². The van der Waals surface area contributed by atoms with Crippen LogP contribution in [0, 0.1) is 5.92 Å². The number of nitrogens with zero attached hydrogens (tertiary/aromatic N) is 2. The zero-order chi connectivity index (χ0) is 27.9. The molecule has 2 aromatic carbocycles. The lowest BCUT2D eigenvalue weighted by molar-refractivity contribution is -0.126. The van der Waals surface area contributed by atoms with E-state index < -0.39 is 15.5 Å². The van der Waals surface area contributed by atoms with Gasteiger partial charge in [-0.15, -0.1) is 0 Å². The van der Waals surface area contributed by atoms with Gasteiger partial charge in [-0.1, -0.05) is 36.9 Å². The van der Waals surface area contributed by atoms with Gasteiger partial charge in [0.2, 0.25) is 5.91 Å². The minimum atomic E-state index is -5.37. The highest BCUT2D eigenvalue weighted by Crippen LogP contribution is 2.38. The smallest absolute Gasteiger partial charge is 0.399 e. The molecule has 12 heteroatoms. The third-order valence-corrected chi connectivity index (χ3v) is 9.14. The van der Waals surface area contributed by atoms with Crippen molar-refractivity contribution in [2.45, 2.75) is 30.9 Å². The van der Waals surface area contributed by atoms with E-state index in [4.69, 9.17) is 5.73 Å². The second-order valence-corrected chi connectivity index (χ2v) is 12.0. The first kappa shape index (κ1) is 27.2. The molecule has 0 unspecified atom stereocenters. The number of sulfonamides is 1. The molecule has 1 aromatic heterocycles. The molecule has 3 heterocycles. The highest BCUT2D eigenvalue weighted by Gasteiger charge is 2.50. The zero-order valence-electron chi connectivity index (χ0n) is 21.2. The van der Waals surface area contributed by atoms with Gasteiger partial charge in [-0.25, -0.2) is 8.42 Å². The van der Waals surface area contributed by atoms with Gasteiger partial charge in [-0.3, -0.25) is 4.79 Å². The Morgan fingerprint density at radius 2 is 1.85 bits per heavy atom. The maximum absolute atomic E-state index is 13.1. The summed E-state index contributed by atoms with van der Waals surface area (Å²) in [6.07, 6.45) is 2.42. The van der Waals surface area contributed by atoms with Crippen molar-refractivity contribution in [1.82, 2.24) is 19.5 Å². The van der Waals surface area contributed by atoms with Crippen LogP contribution in [0.5, 0.6) is 0 Å². The molecule has 2 aliphatic heterocycles. The van der Waals surface area contributed by atoms with E-state index in [2.05, 4.69) is 17.2 Å². The maximum atomic E-state index is 13.1. The van der Waals surface area contributed by atoms with E-state index >= 15 is 0 Å². The molecule has 2 aliphatic rings. The average molecular weight is 562 g/mol. The number of carbonyl (C=O) groups excluding carboxylic acids is 1. The first-order valence-corrected chi connectivity index (χ1v) is 14.1. The van der Waals surface area contributed by atoms with E-state index in [9.17, 15) is 26.4 Å². The molecule has 0 atom stereocenters. The number of amides is 1. The number of aromatic nitrogens is 1. The van der Waals surface area contributed by atoms with Crippen LogP contribution in [0.1, 0.15) is 30.0 Å². The van der Waals surface area contributed by atoms with Crippen molar-refractivity contribution in [3.05, 3.63) is 66.4 Å². The second kappa shape index (κ2) is 10.3. The summed E-state index contributed by atoms with van der Waals surface area (Å²) in [5.74, 6) is -0.0473. The van der Waals surface area contributed by atoms with Crippen LogP contribution in [-0.4, -0.2) is 54.9 Å². The fourth-order valence-corrected chi connectivity index (χ4v) is 6.12. The predicted octanol–water partition coefficient (Wildman–Crippen LogP) is 3.56. The highest BCUT2D eigenvalue weighted by atomic mass is 32.2. The van der Waals surface area contributed by atoms with Gasteiger partial charge in [-0.2, -0.15) is 17.5 Å². The minimum Gasteiger partial charge on any atom is -0.399 e. The van der Waals surface area contributed by atoms with Gasteiger partial charge in [-0.05, 0) is 41.7 Å². The molecule has 3 aromatic rings. The number of piperidine rings is 1. The van der Waals surface area contributed by atoms with Crippen LogP contribution in [-0.2, 0) is 21.4 Å². The summed E-state index contributed by atoms with van der Waals surface area (Å²) >= 11 is 0. The summed E-state index contributed by atoms with van der Waals surface area (Å²) < 4.78 is 65.7. The Balaban J connectivity index is 1.48. The number of nitrogens with one attached hydrogen (secondary N) is 2. The van der Waals surface area contributed by atoms with E-state index in [0.717, 1.165) is 33.2 Å². The normalized spacial score (nSPS) is 17.7. The van der Waals surface area contributed by atoms with Crippen molar-refractivity contribution in [3.63, 3.8) is 0 Å². The van der Waals surface area contributed by atoms with Crippen LogP contribution in [0.2, 0.25) is 0 Å². The van der Waals surface area contributed by atoms with Crippen molar-refractivity contribution in [2.24, 2.45) is 11.7 Å². The van der Waals surface area contributed by atoms with Crippen molar-refractivity contribution in [2.75, 3.05) is 26.2 Å². The van der Waals surface area contributed by atoms with Crippen LogP contribution >= 0.6 is 0 Å². The van der Waals surface area contributed by atoms with E-state index in [0.29, 0.717) is 29.6 Å². The zero-order valence-corrected chi connectivity index (χ0v) is 22.0. The number of halogens is 3. The number of nitrogens with two attached hydrogens (primary N) is 1. The summed E-state index contributed by atoms with van der Waals surface area (Å²) in [4.78, 5) is 12.3. The van der Waals surface area contributed by atoms with E-state index in [1.54, 1.807) is 0 Å². The number of hydrogen-bond acceptors (Lipinski definition) is 5. The molecule has 2 fully saturated rings. The summed E-state index contributed by atoms with van der Waals surface area (Å²) in [6, 6.07) is 13.3. The Morgan fingerprint density at radius 3 is 2.46 bits per heavy atom. The molecular formula is C27H30F3N5O3S. The van der Waals surface area contributed by atoms with Crippen molar-refractivity contribution >= 4 is 32.5 Å². The molecule has 0 bridgehead atoms. The first-order valence-electron chi connectivity index (χ1n) is 12.7. The SMILES string of the molecule is C=C(N)c1cccc(-c2cn(C3CCN(S(=O)(=O)C(F)(F)F)CC3)c3cc(CNC(=O)C4CNC4)ccc23)c1. The van der Waals surface area contributed by atoms with Gasteiger partial charge in [0.15, 0.2) is 0 Å². The summed E-state index contributed by atoms with van der Waals surface area (Å²) in [5, 5.41) is 6.97. The molecule has 2 saturated heterocycles. The predicted molar refractivity (Wildman–Crippen MR) is 144 cm³/mol. The summed E-state index contributed by atoms with van der Waals surface area (Å²) in [6.45, 7) is 5.03. The number of fused-ring (bicyclic) bond motifs is 1. The van der Waals surface area contributed by atoms with Gasteiger partial charge < -0.3 is 20.9 Å². The molecule has 208 valence electrons.